The summed E-state index contributed by atoms with van der Waals surface area (Å²) < 4.78 is 28.8. The van der Waals surface area contributed by atoms with Crippen LogP contribution in [0.25, 0.3) is 11.2 Å². The van der Waals surface area contributed by atoms with Gasteiger partial charge >= 0.3 is 0 Å². The maximum Gasteiger partial charge on any atom is 0.283 e. The zero-order valence-electron chi connectivity index (χ0n) is 15.6. The topological polar surface area (TPSA) is 94.7 Å². The van der Waals surface area contributed by atoms with E-state index in [2.05, 4.69) is 20.6 Å². The lowest BCUT2D eigenvalue weighted by Gasteiger charge is -2.07. The maximum absolute atomic E-state index is 13.4. The molecular weight excluding hydrogens is 394 g/mol. The van der Waals surface area contributed by atoms with Crippen molar-refractivity contribution < 1.29 is 13.6 Å². The third kappa shape index (κ3) is 4.22. The summed E-state index contributed by atoms with van der Waals surface area (Å²) >= 11 is 0. The van der Waals surface area contributed by atoms with Gasteiger partial charge in [0.15, 0.2) is 11.2 Å². The number of carbonyl (C=O) groups excluding carboxylic acids is 1. The van der Waals surface area contributed by atoms with E-state index >= 15 is 0 Å². The van der Waals surface area contributed by atoms with E-state index in [1.54, 1.807) is 24.3 Å². The minimum atomic E-state index is -0.512. The van der Waals surface area contributed by atoms with Gasteiger partial charge in [0, 0.05) is 6.54 Å². The van der Waals surface area contributed by atoms with Gasteiger partial charge in [0.25, 0.3) is 5.56 Å². The third-order valence-corrected chi connectivity index (χ3v) is 4.43. The Morgan fingerprint density at radius 3 is 2.60 bits per heavy atom. The summed E-state index contributed by atoms with van der Waals surface area (Å²) in [6.45, 7) is 0.149. The number of rotatable bonds is 6. The lowest BCUT2D eigenvalue weighted by Crippen LogP contribution is -2.32. The quantitative estimate of drug-likeness (QED) is 0.521. The molecule has 2 aromatic carbocycles. The number of nitrogens with zero attached hydrogens (tertiary/aromatic N) is 5. The summed E-state index contributed by atoms with van der Waals surface area (Å²) in [5.41, 5.74) is 1.12. The van der Waals surface area contributed by atoms with Crippen molar-refractivity contribution >= 4 is 17.1 Å². The predicted molar refractivity (Wildman–Crippen MR) is 103 cm³/mol. The standard InChI is InChI=1S/C20H16F2N6O2/c21-15-6-4-13(5-7-15)9-23-17(29)11-27-12-24-19-18(20(27)30)25-26-28(19)10-14-2-1-3-16(22)8-14/h1-8,12H,9-11H2,(H,23,29). The number of benzene rings is 2. The first kappa shape index (κ1) is 19.4. The molecule has 1 N–H and O–H groups in total. The van der Waals surface area contributed by atoms with Crippen molar-refractivity contribution in [2.45, 2.75) is 19.6 Å². The van der Waals surface area contributed by atoms with Crippen LogP contribution in [0.5, 0.6) is 0 Å². The molecule has 2 heterocycles. The van der Waals surface area contributed by atoms with Crippen molar-refractivity contribution in [3.63, 3.8) is 0 Å². The second-order valence-electron chi connectivity index (χ2n) is 6.63. The van der Waals surface area contributed by atoms with Gasteiger partial charge < -0.3 is 5.32 Å². The molecule has 1 amide bonds. The van der Waals surface area contributed by atoms with Crippen LogP contribution in [0, 0.1) is 11.6 Å². The van der Waals surface area contributed by atoms with Crippen LogP contribution >= 0.6 is 0 Å². The summed E-state index contributed by atoms with van der Waals surface area (Å²) in [5.74, 6) is -1.14. The van der Waals surface area contributed by atoms with Crippen LogP contribution < -0.4 is 10.9 Å². The second-order valence-corrected chi connectivity index (χ2v) is 6.63. The molecule has 0 aliphatic rings. The molecule has 8 nitrogen and oxygen atoms in total. The van der Waals surface area contributed by atoms with E-state index in [4.69, 9.17) is 0 Å². The number of hydrogen-bond acceptors (Lipinski definition) is 5. The zero-order valence-corrected chi connectivity index (χ0v) is 15.6. The molecule has 0 radical (unpaired) electrons. The van der Waals surface area contributed by atoms with Gasteiger partial charge in [-0.1, -0.05) is 29.5 Å². The lowest BCUT2D eigenvalue weighted by molar-refractivity contribution is -0.121. The SMILES string of the molecule is O=C(Cn1cnc2c(nnn2Cc2cccc(F)c2)c1=O)NCc1ccc(F)cc1. The summed E-state index contributed by atoms with van der Waals surface area (Å²) in [7, 11) is 0. The van der Waals surface area contributed by atoms with Crippen LogP contribution in [0.1, 0.15) is 11.1 Å². The molecule has 4 aromatic rings. The smallest absolute Gasteiger partial charge is 0.283 e. The van der Waals surface area contributed by atoms with Crippen molar-refractivity contribution in [2.24, 2.45) is 0 Å². The van der Waals surface area contributed by atoms with Crippen molar-refractivity contribution in [3.05, 3.63) is 88.0 Å². The Morgan fingerprint density at radius 2 is 1.83 bits per heavy atom. The molecule has 0 unspecified atom stereocenters. The fourth-order valence-electron chi connectivity index (χ4n) is 2.93. The number of nitrogens with one attached hydrogen (secondary N) is 1. The average Bonchev–Trinajstić information content (AvgIpc) is 3.13. The van der Waals surface area contributed by atoms with Crippen LogP contribution in [0.15, 0.2) is 59.7 Å². The van der Waals surface area contributed by atoms with Crippen molar-refractivity contribution in [2.75, 3.05) is 0 Å². The van der Waals surface area contributed by atoms with E-state index < -0.39 is 11.5 Å². The Morgan fingerprint density at radius 1 is 1.03 bits per heavy atom. The first-order valence-corrected chi connectivity index (χ1v) is 9.04. The van der Waals surface area contributed by atoms with Gasteiger partial charge in [0.2, 0.25) is 5.91 Å². The Labute approximate surface area is 168 Å². The number of amides is 1. The van der Waals surface area contributed by atoms with E-state index in [0.717, 1.165) is 10.1 Å². The van der Waals surface area contributed by atoms with Crippen LogP contribution in [0.2, 0.25) is 0 Å². The second kappa shape index (κ2) is 8.19. The average molecular weight is 410 g/mol. The van der Waals surface area contributed by atoms with E-state index in [1.807, 2.05) is 0 Å². The molecule has 2 aromatic heterocycles. The molecule has 0 aliphatic carbocycles. The highest BCUT2D eigenvalue weighted by Gasteiger charge is 2.14. The Bertz CT molecular complexity index is 1270. The predicted octanol–water partition coefficient (Wildman–Crippen LogP) is 1.63. The van der Waals surface area contributed by atoms with Crippen LogP contribution in [-0.4, -0.2) is 30.5 Å². The number of halogens is 2. The van der Waals surface area contributed by atoms with E-state index in [9.17, 15) is 18.4 Å². The monoisotopic (exact) mass is 410 g/mol. The minimum absolute atomic E-state index is 0.0141. The van der Waals surface area contributed by atoms with Crippen LogP contribution in [0.4, 0.5) is 8.78 Å². The molecule has 152 valence electrons. The molecule has 0 bridgehead atoms. The van der Waals surface area contributed by atoms with Gasteiger partial charge in [-0.25, -0.2) is 18.4 Å². The van der Waals surface area contributed by atoms with Gasteiger partial charge in [-0.3, -0.25) is 14.2 Å². The highest BCUT2D eigenvalue weighted by molar-refractivity contribution is 5.76. The Hall–Kier alpha value is -3.95. The fourth-order valence-corrected chi connectivity index (χ4v) is 2.93. The van der Waals surface area contributed by atoms with Gasteiger partial charge in [0.05, 0.1) is 6.54 Å². The van der Waals surface area contributed by atoms with Gasteiger partial charge in [-0.05, 0) is 35.4 Å². The zero-order chi connectivity index (χ0) is 21.1. The van der Waals surface area contributed by atoms with Gasteiger partial charge in [0.1, 0.15) is 24.5 Å². The van der Waals surface area contributed by atoms with Crippen molar-refractivity contribution in [1.82, 2.24) is 29.9 Å². The minimum Gasteiger partial charge on any atom is -0.350 e. The lowest BCUT2D eigenvalue weighted by atomic mass is 10.2. The Kier molecular flexibility index (Phi) is 5.29. The molecule has 0 saturated carbocycles. The van der Waals surface area contributed by atoms with Crippen LogP contribution in [0.3, 0.4) is 0 Å². The molecule has 10 heteroatoms. The first-order valence-electron chi connectivity index (χ1n) is 9.04. The molecule has 0 atom stereocenters. The highest BCUT2D eigenvalue weighted by Crippen LogP contribution is 2.09. The summed E-state index contributed by atoms with van der Waals surface area (Å²) in [6.07, 6.45) is 1.24. The summed E-state index contributed by atoms with van der Waals surface area (Å²) in [5, 5.41) is 10.4. The molecule has 0 saturated heterocycles. The van der Waals surface area contributed by atoms with E-state index in [1.165, 1.54) is 35.3 Å². The molecular formula is C20H16F2N6O2. The highest BCUT2D eigenvalue weighted by atomic mass is 19.1. The first-order chi connectivity index (χ1) is 14.5. The molecule has 4 rings (SSSR count). The van der Waals surface area contributed by atoms with E-state index in [0.29, 0.717) is 5.56 Å². The molecule has 0 fully saturated rings. The number of aromatic nitrogens is 5. The van der Waals surface area contributed by atoms with Crippen LogP contribution in [-0.2, 0) is 24.4 Å². The van der Waals surface area contributed by atoms with Crippen molar-refractivity contribution in [1.29, 1.82) is 0 Å². The summed E-state index contributed by atoms with van der Waals surface area (Å²) in [4.78, 5) is 29.0. The maximum atomic E-state index is 13.4. The van der Waals surface area contributed by atoms with E-state index in [-0.39, 0.29) is 42.4 Å². The van der Waals surface area contributed by atoms with Gasteiger partial charge in [-0.15, -0.1) is 5.10 Å². The molecule has 0 spiro atoms. The Balaban J connectivity index is 1.47. The number of fused-ring (bicyclic) bond motifs is 1. The van der Waals surface area contributed by atoms with Crippen molar-refractivity contribution in [3.8, 4) is 0 Å². The largest absolute Gasteiger partial charge is 0.350 e. The molecule has 0 aliphatic heterocycles. The molecule has 30 heavy (non-hydrogen) atoms. The van der Waals surface area contributed by atoms with Gasteiger partial charge in [-0.2, -0.15) is 0 Å². The number of carbonyl (C=O) groups is 1. The number of hydrogen-bond donors (Lipinski definition) is 1. The fraction of sp³-hybridized carbons (Fsp3) is 0.150. The normalized spacial score (nSPS) is 11.0. The summed E-state index contributed by atoms with van der Waals surface area (Å²) in [6, 6.07) is 11.7. The third-order valence-electron chi connectivity index (χ3n) is 4.43.